The number of aliphatic hydroxyl groups is 2. The third-order valence-corrected chi connectivity index (χ3v) is 11.9. The Bertz CT molecular complexity index is 1770. The third-order valence-electron chi connectivity index (χ3n) is 11.9. The molecular weight excluding hydrogens is 730 g/mol. The number of ether oxygens (including phenoxy) is 6. The first-order valence-electron chi connectivity index (χ1n) is 18.5. The summed E-state index contributed by atoms with van der Waals surface area (Å²) < 4.78 is 35.9. The van der Waals surface area contributed by atoms with E-state index in [2.05, 4.69) is 6.58 Å². The summed E-state index contributed by atoms with van der Waals surface area (Å²) in [6.07, 6.45) is -9.50. The highest BCUT2D eigenvalue weighted by Gasteiger charge is 2.73. The molecule has 15 nitrogen and oxygen atoms in total. The van der Waals surface area contributed by atoms with E-state index < -0.39 is 107 Å². The first-order valence-corrected chi connectivity index (χ1v) is 18.5. The van der Waals surface area contributed by atoms with Crippen LogP contribution in [0.2, 0.25) is 0 Å². The molecule has 0 amide bonds. The molecule has 15 heteroatoms. The van der Waals surface area contributed by atoms with Gasteiger partial charge >= 0.3 is 35.8 Å². The highest BCUT2D eigenvalue weighted by Crippen LogP contribution is 2.64. The van der Waals surface area contributed by atoms with Crippen LogP contribution in [0, 0.1) is 22.7 Å². The van der Waals surface area contributed by atoms with Crippen LogP contribution in [0.3, 0.4) is 0 Å². The fourth-order valence-corrected chi connectivity index (χ4v) is 9.37. The van der Waals surface area contributed by atoms with Gasteiger partial charge in [-0.25, -0.2) is 4.79 Å². The van der Waals surface area contributed by atoms with Gasteiger partial charge in [-0.1, -0.05) is 57.7 Å². The van der Waals surface area contributed by atoms with E-state index in [0.717, 1.165) is 20.8 Å². The van der Waals surface area contributed by atoms with E-state index in [1.165, 1.54) is 20.8 Å². The maximum absolute atomic E-state index is 14.0. The number of likely N-dealkylation sites (N-methyl/N-ethyl adjacent to an activating group) is 1. The van der Waals surface area contributed by atoms with Crippen LogP contribution in [0.5, 0.6) is 0 Å². The lowest BCUT2D eigenvalue weighted by molar-refractivity contribution is -0.278. The van der Waals surface area contributed by atoms with Gasteiger partial charge in [0.05, 0.1) is 11.5 Å². The predicted octanol–water partition coefficient (Wildman–Crippen LogP) is 3.50. The Morgan fingerprint density at radius 1 is 0.804 bits per heavy atom. The second-order valence-electron chi connectivity index (χ2n) is 16.0. The number of carbonyl (C=O) groups excluding carboxylic acids is 6. The Hall–Kier alpha value is -4.60. The molecule has 11 unspecified atom stereocenters. The van der Waals surface area contributed by atoms with E-state index in [-0.39, 0.29) is 29.7 Å². The monoisotopic (exact) mass is 785 g/mol. The number of hydrogen-bond donors (Lipinski definition) is 2. The number of rotatable bonds is 10. The quantitative estimate of drug-likeness (QED) is 0.198. The van der Waals surface area contributed by atoms with Crippen molar-refractivity contribution in [1.82, 2.24) is 4.90 Å². The van der Waals surface area contributed by atoms with Crippen molar-refractivity contribution >= 4 is 35.8 Å². The number of carbonyl (C=O) groups is 6. The summed E-state index contributed by atoms with van der Waals surface area (Å²) in [4.78, 5) is 80.3. The van der Waals surface area contributed by atoms with Crippen LogP contribution in [-0.4, -0.2) is 107 Å². The summed E-state index contributed by atoms with van der Waals surface area (Å²) in [6, 6.07) is 8.00. The van der Waals surface area contributed by atoms with Gasteiger partial charge in [-0.15, -0.1) is 0 Å². The average molecular weight is 786 g/mol. The summed E-state index contributed by atoms with van der Waals surface area (Å²) in [5.74, 6) is -7.25. The molecule has 2 N–H and O–H groups in total. The average Bonchev–Trinajstić information content (AvgIpc) is 3.07. The Labute approximate surface area is 327 Å². The molecule has 0 radical (unpaired) electrons. The normalized spacial score (nSPS) is 32.0. The minimum absolute atomic E-state index is 0.00324. The van der Waals surface area contributed by atoms with E-state index >= 15 is 0 Å². The largest absolute Gasteiger partial charge is 0.462 e. The van der Waals surface area contributed by atoms with Gasteiger partial charge in [0, 0.05) is 70.3 Å². The van der Waals surface area contributed by atoms with E-state index in [1.54, 1.807) is 70.1 Å². The van der Waals surface area contributed by atoms with E-state index in [9.17, 15) is 39.0 Å². The standard InChI is InChI=1S/C41H55NO14/c1-20-29(56-38(49)34(48)33(42(11)12)27-16-14-13-15-17-27)19-31(52-23(4)44)40(10)32(20)35(53-24(5)45)28-18-30(51-22(3)43)21(2)41(50,39(28,8)9)37(55-26(7)47)36(40)54-25(6)46/h13-17,28-29,31-37,48,50H,1,18-19H2,2-12H3. The zero-order valence-electron chi connectivity index (χ0n) is 33.9. The van der Waals surface area contributed by atoms with Crippen LogP contribution in [0.1, 0.15) is 86.8 Å². The third kappa shape index (κ3) is 7.98. The van der Waals surface area contributed by atoms with Crippen LogP contribution < -0.4 is 0 Å². The van der Waals surface area contributed by atoms with Gasteiger partial charge in [0.15, 0.2) is 18.3 Å². The molecule has 56 heavy (non-hydrogen) atoms. The molecule has 1 aromatic rings. The summed E-state index contributed by atoms with van der Waals surface area (Å²) in [6.45, 7) is 16.4. The number of benzene rings is 1. The van der Waals surface area contributed by atoms with Crippen molar-refractivity contribution in [3.63, 3.8) is 0 Å². The zero-order chi connectivity index (χ0) is 42.2. The first-order chi connectivity index (χ1) is 25.9. The molecule has 3 aliphatic rings. The molecule has 2 saturated carbocycles. The van der Waals surface area contributed by atoms with Crippen molar-refractivity contribution in [3.8, 4) is 0 Å². The maximum Gasteiger partial charge on any atom is 0.337 e. The topological polar surface area (TPSA) is 201 Å². The van der Waals surface area contributed by atoms with Crippen LogP contribution >= 0.6 is 0 Å². The number of aliphatic hydroxyl groups excluding tert-OH is 1. The van der Waals surface area contributed by atoms with Crippen molar-refractivity contribution in [2.45, 2.75) is 123 Å². The van der Waals surface area contributed by atoms with Gasteiger partial charge in [0.25, 0.3) is 0 Å². The molecule has 0 heterocycles. The molecular formula is C41H55NO14. The second kappa shape index (κ2) is 16.5. The van der Waals surface area contributed by atoms with E-state index in [0.29, 0.717) is 5.56 Å². The van der Waals surface area contributed by atoms with Crippen molar-refractivity contribution < 1.29 is 67.4 Å². The van der Waals surface area contributed by atoms with Gasteiger partial charge in [-0.05, 0) is 32.2 Å². The molecule has 2 fully saturated rings. The number of nitrogens with zero attached hydrogens (tertiary/aromatic N) is 1. The zero-order valence-corrected chi connectivity index (χ0v) is 33.9. The summed E-state index contributed by atoms with van der Waals surface area (Å²) in [5, 5.41) is 24.7. The van der Waals surface area contributed by atoms with Gasteiger partial charge in [0.2, 0.25) is 0 Å². The van der Waals surface area contributed by atoms with Crippen molar-refractivity contribution in [1.29, 1.82) is 0 Å². The lowest BCUT2D eigenvalue weighted by Crippen LogP contribution is -2.75. The minimum atomic E-state index is -2.28. The van der Waals surface area contributed by atoms with Crippen molar-refractivity contribution in [2.75, 3.05) is 14.1 Å². The Morgan fingerprint density at radius 2 is 1.34 bits per heavy atom. The highest BCUT2D eigenvalue weighted by atomic mass is 16.6. The molecule has 0 spiro atoms. The fourth-order valence-electron chi connectivity index (χ4n) is 9.37. The van der Waals surface area contributed by atoms with E-state index in [1.807, 2.05) is 0 Å². The van der Waals surface area contributed by atoms with Crippen LogP contribution in [0.4, 0.5) is 0 Å². The molecule has 308 valence electrons. The fraction of sp³-hybridized carbons (Fsp3) is 0.610. The smallest absolute Gasteiger partial charge is 0.337 e. The number of esters is 6. The van der Waals surface area contributed by atoms with Crippen molar-refractivity contribution in [2.24, 2.45) is 22.7 Å². The predicted molar refractivity (Wildman–Crippen MR) is 198 cm³/mol. The highest BCUT2D eigenvalue weighted by molar-refractivity contribution is 5.76. The number of fused-ring (bicyclic) bond motifs is 3. The number of allylic oxidation sites excluding steroid dienone is 1. The molecule has 1 aromatic carbocycles. The summed E-state index contributed by atoms with van der Waals surface area (Å²) in [7, 11) is 3.38. The summed E-state index contributed by atoms with van der Waals surface area (Å²) in [5.41, 5.74) is -4.61. The van der Waals surface area contributed by atoms with Crippen LogP contribution in [-0.2, 0) is 57.2 Å². The van der Waals surface area contributed by atoms with Crippen molar-refractivity contribution in [3.05, 3.63) is 59.4 Å². The lowest BCUT2D eigenvalue weighted by Gasteiger charge is -2.64. The summed E-state index contributed by atoms with van der Waals surface area (Å²) >= 11 is 0. The molecule has 11 atom stereocenters. The molecule has 0 aromatic heterocycles. The van der Waals surface area contributed by atoms with E-state index in [4.69, 9.17) is 28.4 Å². The first kappa shape index (κ1) is 44.1. The minimum Gasteiger partial charge on any atom is -0.462 e. The van der Waals surface area contributed by atoms with Gasteiger partial charge in [0.1, 0.15) is 29.7 Å². The molecule has 2 bridgehead atoms. The lowest BCUT2D eigenvalue weighted by atomic mass is 9.45. The molecule has 0 aliphatic heterocycles. The second-order valence-corrected chi connectivity index (χ2v) is 16.0. The molecule has 0 saturated heterocycles. The van der Waals surface area contributed by atoms with Gasteiger partial charge in [-0.2, -0.15) is 0 Å². The SMILES string of the molecule is C=C1C(OC(=O)C(O)C(c2ccccc2)N(C)C)CC(OC(C)=O)C2(C)C(OC(C)=O)C(OC(C)=O)C3(O)C(C)=C(OC(C)=O)CC(C(OC(C)=O)C12)C3(C)C. The van der Waals surface area contributed by atoms with Gasteiger partial charge < -0.3 is 38.6 Å². The van der Waals surface area contributed by atoms with Gasteiger partial charge in [-0.3, -0.25) is 28.9 Å². The Balaban J connectivity index is 2.04. The van der Waals surface area contributed by atoms with Crippen LogP contribution in [0.15, 0.2) is 53.8 Å². The number of hydrogen-bond acceptors (Lipinski definition) is 15. The molecule has 3 aliphatic carbocycles. The Morgan fingerprint density at radius 3 is 1.84 bits per heavy atom. The molecule has 4 rings (SSSR count). The Kier molecular flexibility index (Phi) is 13.0. The van der Waals surface area contributed by atoms with Crippen LogP contribution in [0.25, 0.3) is 0 Å². The maximum atomic E-state index is 14.0.